The van der Waals surface area contributed by atoms with Crippen LogP contribution in [0.3, 0.4) is 0 Å². The van der Waals surface area contributed by atoms with E-state index in [4.69, 9.17) is 5.11 Å². The number of hydrogen-bond acceptors (Lipinski definition) is 3. The average molecular weight is 226 g/mol. The first-order valence-electron chi connectivity index (χ1n) is 5.02. The van der Waals surface area contributed by atoms with E-state index < -0.39 is 6.09 Å². The first-order valence-corrected chi connectivity index (χ1v) is 5.84. The SMILES string of the molecule is Cc1nc2c(s1)CC(C)N(C(=O)O)CC2. The van der Waals surface area contributed by atoms with Crippen molar-refractivity contribution < 1.29 is 9.90 Å². The Labute approximate surface area is 92.6 Å². The molecule has 0 spiro atoms. The molecule has 82 valence electrons. The number of thiazole rings is 1. The molecule has 1 unspecified atom stereocenters. The Kier molecular flexibility index (Phi) is 2.65. The van der Waals surface area contributed by atoms with Crippen LogP contribution in [0.4, 0.5) is 4.79 Å². The van der Waals surface area contributed by atoms with Crippen LogP contribution in [0.2, 0.25) is 0 Å². The van der Waals surface area contributed by atoms with Gasteiger partial charge in [0.05, 0.1) is 10.7 Å². The van der Waals surface area contributed by atoms with Crippen molar-refractivity contribution in [3.05, 3.63) is 15.6 Å². The van der Waals surface area contributed by atoms with Gasteiger partial charge in [0.25, 0.3) is 0 Å². The molecule has 1 aromatic rings. The number of fused-ring (bicyclic) bond motifs is 1. The first-order chi connectivity index (χ1) is 7.08. The van der Waals surface area contributed by atoms with Crippen molar-refractivity contribution in [3.8, 4) is 0 Å². The highest BCUT2D eigenvalue weighted by Crippen LogP contribution is 2.24. The van der Waals surface area contributed by atoms with E-state index in [-0.39, 0.29) is 6.04 Å². The molecule has 0 radical (unpaired) electrons. The molecular weight excluding hydrogens is 212 g/mol. The molecule has 4 nitrogen and oxygen atoms in total. The largest absolute Gasteiger partial charge is 0.465 e. The molecule has 0 aliphatic carbocycles. The van der Waals surface area contributed by atoms with Crippen molar-refractivity contribution in [3.63, 3.8) is 0 Å². The second-order valence-electron chi connectivity index (χ2n) is 3.88. The lowest BCUT2D eigenvalue weighted by Crippen LogP contribution is -2.38. The van der Waals surface area contributed by atoms with Gasteiger partial charge in [-0.2, -0.15) is 0 Å². The van der Waals surface area contributed by atoms with Crippen LogP contribution >= 0.6 is 11.3 Å². The van der Waals surface area contributed by atoms with Crippen molar-refractivity contribution >= 4 is 17.4 Å². The Morgan fingerprint density at radius 2 is 2.40 bits per heavy atom. The maximum atomic E-state index is 11.0. The Bertz CT molecular complexity index is 389. The van der Waals surface area contributed by atoms with Gasteiger partial charge in [-0.25, -0.2) is 9.78 Å². The number of aromatic nitrogens is 1. The standard InChI is InChI=1S/C10H14N2O2S/c1-6-5-9-8(11-7(2)15-9)3-4-12(6)10(13)14/h6H,3-5H2,1-2H3,(H,13,14). The van der Waals surface area contributed by atoms with Gasteiger partial charge in [-0.15, -0.1) is 11.3 Å². The Balaban J connectivity index is 2.24. The van der Waals surface area contributed by atoms with Crippen molar-refractivity contribution in [2.45, 2.75) is 32.7 Å². The van der Waals surface area contributed by atoms with Gasteiger partial charge >= 0.3 is 6.09 Å². The van der Waals surface area contributed by atoms with Gasteiger partial charge in [0.1, 0.15) is 0 Å². The highest BCUT2D eigenvalue weighted by molar-refractivity contribution is 7.11. The fraction of sp³-hybridized carbons (Fsp3) is 0.600. The van der Waals surface area contributed by atoms with Gasteiger partial charge in [0.15, 0.2) is 0 Å². The fourth-order valence-electron chi connectivity index (χ4n) is 1.98. The first kappa shape index (κ1) is 10.4. The molecule has 2 heterocycles. The summed E-state index contributed by atoms with van der Waals surface area (Å²) >= 11 is 1.69. The van der Waals surface area contributed by atoms with Crippen molar-refractivity contribution in [1.29, 1.82) is 0 Å². The van der Waals surface area contributed by atoms with E-state index >= 15 is 0 Å². The minimum absolute atomic E-state index is 0.0589. The van der Waals surface area contributed by atoms with Crippen LogP contribution in [-0.4, -0.2) is 33.7 Å². The molecular formula is C10H14N2O2S. The highest BCUT2D eigenvalue weighted by Gasteiger charge is 2.25. The normalized spacial score (nSPS) is 20.9. The smallest absolute Gasteiger partial charge is 0.407 e. The van der Waals surface area contributed by atoms with Gasteiger partial charge in [-0.3, -0.25) is 0 Å². The lowest BCUT2D eigenvalue weighted by atomic mass is 10.2. The molecule has 0 bridgehead atoms. The summed E-state index contributed by atoms with van der Waals surface area (Å²) in [6.07, 6.45) is 0.720. The second-order valence-corrected chi connectivity index (χ2v) is 5.17. The predicted molar refractivity (Wildman–Crippen MR) is 58.5 cm³/mol. The molecule has 1 aliphatic rings. The zero-order valence-electron chi connectivity index (χ0n) is 8.86. The summed E-state index contributed by atoms with van der Waals surface area (Å²) in [7, 11) is 0. The molecule has 1 amide bonds. The van der Waals surface area contributed by atoms with E-state index in [0.717, 1.165) is 23.5 Å². The van der Waals surface area contributed by atoms with Gasteiger partial charge in [-0.1, -0.05) is 0 Å². The number of carbonyl (C=O) groups is 1. The lowest BCUT2D eigenvalue weighted by molar-refractivity contribution is 0.130. The van der Waals surface area contributed by atoms with Crippen LogP contribution in [-0.2, 0) is 12.8 Å². The zero-order valence-corrected chi connectivity index (χ0v) is 9.67. The maximum Gasteiger partial charge on any atom is 0.407 e. The predicted octanol–water partition coefficient (Wildman–Crippen LogP) is 1.92. The molecule has 15 heavy (non-hydrogen) atoms. The molecule has 5 heteroatoms. The number of hydrogen-bond donors (Lipinski definition) is 1. The summed E-state index contributed by atoms with van der Waals surface area (Å²) in [4.78, 5) is 18.2. The minimum Gasteiger partial charge on any atom is -0.465 e. The lowest BCUT2D eigenvalue weighted by Gasteiger charge is -2.23. The fourth-order valence-corrected chi connectivity index (χ4v) is 3.08. The summed E-state index contributed by atoms with van der Waals surface area (Å²) in [6.45, 7) is 4.52. The summed E-state index contributed by atoms with van der Waals surface area (Å²) in [5.41, 5.74) is 1.09. The zero-order chi connectivity index (χ0) is 11.0. The minimum atomic E-state index is -0.825. The van der Waals surface area contributed by atoms with E-state index in [2.05, 4.69) is 4.98 Å². The maximum absolute atomic E-state index is 11.0. The van der Waals surface area contributed by atoms with Crippen LogP contribution in [0.15, 0.2) is 0 Å². The van der Waals surface area contributed by atoms with Crippen molar-refractivity contribution in [2.75, 3.05) is 6.54 Å². The monoisotopic (exact) mass is 226 g/mol. The van der Waals surface area contributed by atoms with Crippen molar-refractivity contribution in [2.24, 2.45) is 0 Å². The number of amides is 1. The molecule has 1 aromatic heterocycles. The van der Waals surface area contributed by atoms with Gasteiger partial charge in [0, 0.05) is 30.3 Å². The quantitative estimate of drug-likeness (QED) is 0.735. The van der Waals surface area contributed by atoms with E-state index in [1.807, 2.05) is 13.8 Å². The van der Waals surface area contributed by atoms with Crippen LogP contribution < -0.4 is 0 Å². The van der Waals surface area contributed by atoms with E-state index in [1.54, 1.807) is 11.3 Å². The Morgan fingerprint density at radius 1 is 1.67 bits per heavy atom. The summed E-state index contributed by atoms with van der Waals surface area (Å²) in [6, 6.07) is 0.0589. The number of rotatable bonds is 0. The summed E-state index contributed by atoms with van der Waals surface area (Å²) < 4.78 is 0. The average Bonchev–Trinajstić information content (AvgIpc) is 2.38. The molecule has 0 saturated heterocycles. The molecule has 1 atom stereocenters. The molecule has 0 aromatic carbocycles. The third kappa shape index (κ3) is 1.97. The molecule has 0 fully saturated rings. The number of nitrogens with zero attached hydrogens (tertiary/aromatic N) is 2. The van der Waals surface area contributed by atoms with Gasteiger partial charge < -0.3 is 10.0 Å². The second kappa shape index (κ2) is 3.81. The third-order valence-corrected chi connectivity index (χ3v) is 3.77. The Hall–Kier alpha value is -1.10. The highest BCUT2D eigenvalue weighted by atomic mass is 32.1. The van der Waals surface area contributed by atoms with Gasteiger partial charge in [0.2, 0.25) is 0 Å². The van der Waals surface area contributed by atoms with E-state index in [0.29, 0.717) is 6.54 Å². The Morgan fingerprint density at radius 3 is 3.07 bits per heavy atom. The third-order valence-electron chi connectivity index (χ3n) is 2.73. The van der Waals surface area contributed by atoms with Crippen LogP contribution in [0.1, 0.15) is 22.5 Å². The molecule has 2 rings (SSSR count). The summed E-state index contributed by atoms with van der Waals surface area (Å²) in [5, 5.41) is 10.1. The summed E-state index contributed by atoms with van der Waals surface area (Å²) in [5.74, 6) is 0. The van der Waals surface area contributed by atoms with Crippen LogP contribution in [0.25, 0.3) is 0 Å². The van der Waals surface area contributed by atoms with Crippen LogP contribution in [0, 0.1) is 6.92 Å². The van der Waals surface area contributed by atoms with Crippen LogP contribution in [0.5, 0.6) is 0 Å². The molecule has 0 saturated carbocycles. The number of carboxylic acid groups (broad SMARTS) is 1. The number of aryl methyl sites for hydroxylation is 1. The van der Waals surface area contributed by atoms with Crippen molar-refractivity contribution in [1.82, 2.24) is 9.88 Å². The molecule has 1 aliphatic heterocycles. The molecule has 1 N–H and O–H groups in total. The van der Waals surface area contributed by atoms with Gasteiger partial charge in [-0.05, 0) is 13.8 Å². The topological polar surface area (TPSA) is 53.4 Å². The van der Waals surface area contributed by atoms with E-state index in [1.165, 1.54) is 9.78 Å². The van der Waals surface area contributed by atoms with E-state index in [9.17, 15) is 4.79 Å².